The Morgan fingerprint density at radius 1 is 1.06 bits per heavy atom. The van der Waals surface area contributed by atoms with Crippen LogP contribution in [0.4, 0.5) is 10.1 Å². The number of rotatable bonds is 4. The summed E-state index contributed by atoms with van der Waals surface area (Å²) in [4.78, 5) is 13.9. The maximum absolute atomic E-state index is 13.8. The molecule has 0 unspecified atom stereocenters. The average Bonchev–Trinajstić information content (AvgIpc) is 3.17. The van der Waals surface area contributed by atoms with Gasteiger partial charge in [-0.3, -0.25) is 10.1 Å². The lowest BCUT2D eigenvalue weighted by atomic mass is 10.2. The number of thiocarbonyl (C=S) groups is 1. The smallest absolute Gasteiger partial charge is 0.260 e. The molecule has 0 aliphatic rings. The van der Waals surface area contributed by atoms with Gasteiger partial charge in [0.25, 0.3) is 5.91 Å². The van der Waals surface area contributed by atoms with Crippen molar-refractivity contribution in [2.45, 2.75) is 20.3 Å². The summed E-state index contributed by atoms with van der Waals surface area (Å²) < 4.78 is 13.8. The van der Waals surface area contributed by atoms with Gasteiger partial charge in [0.2, 0.25) is 0 Å². The normalized spacial score (nSPS) is 10.8. The summed E-state index contributed by atoms with van der Waals surface area (Å²) in [6, 6.07) is 17.5. The number of hydrogen-bond donors (Lipinski definition) is 2. The monoisotopic (exact) mass is 433 g/mol. The molecule has 1 heterocycles. The Morgan fingerprint density at radius 3 is 2.42 bits per heavy atom. The van der Waals surface area contributed by atoms with Gasteiger partial charge in [-0.15, -0.1) is 10.2 Å². The van der Waals surface area contributed by atoms with Crippen molar-refractivity contribution in [1.82, 2.24) is 20.3 Å². The van der Waals surface area contributed by atoms with Gasteiger partial charge >= 0.3 is 0 Å². The number of hydrogen-bond acceptors (Lipinski definition) is 4. The molecule has 0 atom stereocenters. The number of aryl methyl sites for hydroxylation is 2. The Kier molecular flexibility index (Phi) is 5.73. The van der Waals surface area contributed by atoms with Gasteiger partial charge in [-0.25, -0.2) is 4.39 Å². The van der Waals surface area contributed by atoms with Gasteiger partial charge in [0, 0.05) is 5.69 Å². The highest BCUT2D eigenvalue weighted by Gasteiger charge is 2.14. The lowest BCUT2D eigenvalue weighted by molar-refractivity contribution is 0.0974. The SMILES string of the molecule is CCc1ccc(-n2nc3cc(C)c(NC(=S)NC(=O)c4ccccc4F)cc3n2)cc1. The summed E-state index contributed by atoms with van der Waals surface area (Å²) in [6.07, 6.45) is 0.969. The van der Waals surface area contributed by atoms with E-state index in [2.05, 4.69) is 39.9 Å². The first-order valence-corrected chi connectivity index (χ1v) is 10.2. The average molecular weight is 434 g/mol. The number of amides is 1. The second-order valence-electron chi connectivity index (χ2n) is 7.05. The van der Waals surface area contributed by atoms with Crippen LogP contribution in [0.2, 0.25) is 0 Å². The van der Waals surface area contributed by atoms with Gasteiger partial charge in [0.15, 0.2) is 5.11 Å². The molecule has 4 rings (SSSR count). The molecule has 0 radical (unpaired) electrons. The first-order valence-electron chi connectivity index (χ1n) is 9.78. The van der Waals surface area contributed by atoms with Crippen molar-refractivity contribution in [3.8, 4) is 5.69 Å². The van der Waals surface area contributed by atoms with Crippen LogP contribution in [-0.2, 0) is 6.42 Å². The quantitative estimate of drug-likeness (QED) is 0.462. The van der Waals surface area contributed by atoms with Crippen LogP contribution in [0.1, 0.15) is 28.4 Å². The van der Waals surface area contributed by atoms with E-state index >= 15 is 0 Å². The van der Waals surface area contributed by atoms with E-state index in [4.69, 9.17) is 12.2 Å². The van der Waals surface area contributed by atoms with Crippen LogP contribution in [0, 0.1) is 12.7 Å². The molecule has 4 aromatic rings. The van der Waals surface area contributed by atoms with Gasteiger partial charge < -0.3 is 5.32 Å². The van der Waals surface area contributed by atoms with Crippen molar-refractivity contribution in [1.29, 1.82) is 0 Å². The summed E-state index contributed by atoms with van der Waals surface area (Å²) in [5, 5.41) is 14.7. The maximum Gasteiger partial charge on any atom is 0.260 e. The molecule has 0 bridgehead atoms. The molecule has 0 aliphatic carbocycles. The van der Waals surface area contributed by atoms with Crippen molar-refractivity contribution in [2.24, 2.45) is 0 Å². The fraction of sp³-hybridized carbons (Fsp3) is 0.130. The topological polar surface area (TPSA) is 71.8 Å². The van der Waals surface area contributed by atoms with Crippen LogP contribution in [0.25, 0.3) is 16.7 Å². The number of anilines is 1. The minimum atomic E-state index is -0.615. The highest BCUT2D eigenvalue weighted by molar-refractivity contribution is 7.80. The Labute approximate surface area is 184 Å². The van der Waals surface area contributed by atoms with Gasteiger partial charge in [-0.1, -0.05) is 31.2 Å². The Balaban J connectivity index is 1.53. The molecule has 0 fully saturated rings. The van der Waals surface area contributed by atoms with E-state index in [1.165, 1.54) is 23.8 Å². The fourth-order valence-electron chi connectivity index (χ4n) is 3.15. The van der Waals surface area contributed by atoms with Crippen LogP contribution >= 0.6 is 12.2 Å². The molecule has 0 saturated heterocycles. The first kappa shape index (κ1) is 20.6. The molecule has 0 aliphatic heterocycles. The predicted molar refractivity (Wildman–Crippen MR) is 123 cm³/mol. The van der Waals surface area contributed by atoms with E-state index in [9.17, 15) is 9.18 Å². The molecular formula is C23H20FN5OS. The lowest BCUT2D eigenvalue weighted by Gasteiger charge is -2.12. The van der Waals surface area contributed by atoms with Gasteiger partial charge in [0.05, 0.1) is 11.3 Å². The van der Waals surface area contributed by atoms with E-state index in [0.717, 1.165) is 23.2 Å². The zero-order chi connectivity index (χ0) is 22.0. The zero-order valence-electron chi connectivity index (χ0n) is 17.0. The Hall–Kier alpha value is -3.65. The van der Waals surface area contributed by atoms with Crippen LogP contribution in [0.5, 0.6) is 0 Å². The number of carbonyl (C=O) groups excluding carboxylic acids is 1. The second-order valence-corrected chi connectivity index (χ2v) is 7.46. The van der Waals surface area contributed by atoms with Gasteiger partial charge in [0.1, 0.15) is 16.9 Å². The second kappa shape index (κ2) is 8.61. The largest absolute Gasteiger partial charge is 0.332 e. The summed E-state index contributed by atoms with van der Waals surface area (Å²) >= 11 is 5.24. The summed E-state index contributed by atoms with van der Waals surface area (Å²) in [5.74, 6) is -1.22. The lowest BCUT2D eigenvalue weighted by Crippen LogP contribution is -2.34. The standard InChI is InChI=1S/C23H20FN5OS/c1-3-15-8-10-16(11-9-15)29-27-20-12-14(2)19(13-21(20)28-29)25-23(31)26-22(30)17-6-4-5-7-18(17)24/h4-13H,3H2,1-2H3,(H2,25,26,30,31). The molecule has 2 N–H and O–H groups in total. The van der Waals surface area contributed by atoms with Crippen molar-refractivity contribution < 1.29 is 9.18 Å². The molecule has 0 saturated carbocycles. The third-order valence-electron chi connectivity index (χ3n) is 4.90. The molecule has 1 aromatic heterocycles. The number of halogens is 1. The van der Waals surface area contributed by atoms with Crippen LogP contribution in [0.3, 0.4) is 0 Å². The minimum Gasteiger partial charge on any atom is -0.332 e. The fourth-order valence-corrected chi connectivity index (χ4v) is 3.36. The van der Waals surface area contributed by atoms with E-state index < -0.39 is 11.7 Å². The van der Waals surface area contributed by atoms with E-state index in [0.29, 0.717) is 11.2 Å². The van der Waals surface area contributed by atoms with Crippen molar-refractivity contribution in [3.63, 3.8) is 0 Å². The Bertz CT molecular complexity index is 1280. The van der Waals surface area contributed by atoms with E-state index in [-0.39, 0.29) is 10.7 Å². The van der Waals surface area contributed by atoms with Crippen molar-refractivity contribution in [3.05, 3.63) is 83.2 Å². The molecule has 0 spiro atoms. The van der Waals surface area contributed by atoms with Crippen LogP contribution in [0.15, 0.2) is 60.7 Å². The van der Waals surface area contributed by atoms with Crippen LogP contribution in [-0.4, -0.2) is 26.0 Å². The summed E-state index contributed by atoms with van der Waals surface area (Å²) in [7, 11) is 0. The molecule has 156 valence electrons. The van der Waals surface area contributed by atoms with Gasteiger partial charge in [-0.2, -0.15) is 4.80 Å². The third-order valence-corrected chi connectivity index (χ3v) is 5.10. The number of nitrogens with zero attached hydrogens (tertiary/aromatic N) is 3. The minimum absolute atomic E-state index is 0.0678. The summed E-state index contributed by atoms with van der Waals surface area (Å²) in [6.45, 7) is 4.01. The van der Waals surface area contributed by atoms with E-state index in [1.54, 1.807) is 10.9 Å². The Morgan fingerprint density at radius 2 is 1.74 bits per heavy atom. The van der Waals surface area contributed by atoms with Gasteiger partial charge in [-0.05, 0) is 73.1 Å². The molecule has 6 nitrogen and oxygen atoms in total. The third kappa shape index (κ3) is 4.44. The zero-order valence-corrected chi connectivity index (χ0v) is 17.8. The van der Waals surface area contributed by atoms with Crippen molar-refractivity contribution in [2.75, 3.05) is 5.32 Å². The predicted octanol–water partition coefficient (Wildman–Crippen LogP) is 4.56. The molecule has 31 heavy (non-hydrogen) atoms. The number of aromatic nitrogens is 3. The maximum atomic E-state index is 13.8. The molecule has 3 aromatic carbocycles. The summed E-state index contributed by atoms with van der Waals surface area (Å²) in [5.41, 5.74) is 5.01. The van der Waals surface area contributed by atoms with Crippen LogP contribution < -0.4 is 10.6 Å². The van der Waals surface area contributed by atoms with E-state index in [1.807, 2.05) is 31.2 Å². The number of fused-ring (bicyclic) bond motifs is 1. The number of benzene rings is 3. The molecular weight excluding hydrogens is 413 g/mol. The number of nitrogens with one attached hydrogen (secondary N) is 2. The highest BCUT2D eigenvalue weighted by atomic mass is 32.1. The van der Waals surface area contributed by atoms with Crippen molar-refractivity contribution >= 4 is 40.0 Å². The first-order chi connectivity index (χ1) is 14.9. The highest BCUT2D eigenvalue weighted by Crippen LogP contribution is 2.22. The molecule has 8 heteroatoms. The number of carbonyl (C=O) groups is 1. The molecule has 1 amide bonds.